The number of ketones is 1. The van der Waals surface area contributed by atoms with Crippen molar-refractivity contribution in [1.29, 1.82) is 0 Å². The molecule has 4 nitrogen and oxygen atoms in total. The summed E-state index contributed by atoms with van der Waals surface area (Å²) in [6.45, 7) is 11.3. The van der Waals surface area contributed by atoms with E-state index in [1.165, 1.54) is 0 Å². The Balaban J connectivity index is 2.78. The Morgan fingerprint density at radius 3 is 2.61 bits per heavy atom. The Kier molecular flexibility index (Phi) is 5.54. The van der Waals surface area contributed by atoms with E-state index in [2.05, 4.69) is 5.10 Å². The molecule has 0 bridgehead atoms. The van der Waals surface area contributed by atoms with E-state index in [0.29, 0.717) is 13.0 Å². The molecule has 0 radical (unpaired) electrons. The first-order valence-electron chi connectivity index (χ1n) is 6.67. The number of aryl methyl sites for hydroxylation is 2. The van der Waals surface area contributed by atoms with Crippen LogP contribution in [-0.2, 0) is 22.5 Å². The van der Waals surface area contributed by atoms with Crippen LogP contribution in [0.3, 0.4) is 0 Å². The van der Waals surface area contributed by atoms with Gasteiger partial charge in [0.1, 0.15) is 6.10 Å². The Hall–Kier alpha value is -1.16. The topological polar surface area (TPSA) is 44.1 Å². The molecule has 0 fully saturated rings. The van der Waals surface area contributed by atoms with Crippen molar-refractivity contribution < 1.29 is 9.53 Å². The van der Waals surface area contributed by atoms with Crippen LogP contribution in [0.1, 0.15) is 39.1 Å². The predicted octanol–water partition coefficient (Wildman–Crippen LogP) is 2.38. The summed E-state index contributed by atoms with van der Waals surface area (Å²) in [5.74, 6) is 0.345. The van der Waals surface area contributed by atoms with Crippen molar-refractivity contribution in [3.63, 3.8) is 0 Å². The molecule has 1 aromatic rings. The molecule has 0 aliphatic carbocycles. The van der Waals surface area contributed by atoms with E-state index in [9.17, 15) is 4.79 Å². The first kappa shape index (κ1) is 14.9. The molecular formula is C14H24N2O2. The van der Waals surface area contributed by atoms with Gasteiger partial charge in [-0.15, -0.1) is 0 Å². The number of hydrogen-bond acceptors (Lipinski definition) is 3. The first-order chi connectivity index (χ1) is 8.49. The zero-order chi connectivity index (χ0) is 13.7. The molecule has 0 amide bonds. The Morgan fingerprint density at radius 1 is 1.44 bits per heavy atom. The second-order valence-corrected chi connectivity index (χ2v) is 4.86. The molecule has 0 spiro atoms. The number of aromatic nitrogens is 2. The molecule has 0 aliphatic rings. The molecule has 0 N–H and O–H groups in total. The normalized spacial score (nSPS) is 13.0. The lowest BCUT2D eigenvalue weighted by Crippen LogP contribution is -2.31. The lowest BCUT2D eigenvalue weighted by Gasteiger charge is -2.19. The fraction of sp³-hybridized carbons (Fsp3) is 0.714. The molecule has 0 aromatic carbocycles. The average molecular weight is 252 g/mol. The maximum atomic E-state index is 12.3. The smallest absolute Gasteiger partial charge is 0.167 e. The van der Waals surface area contributed by atoms with E-state index in [1.807, 2.05) is 45.4 Å². The van der Waals surface area contributed by atoms with Gasteiger partial charge in [0.2, 0.25) is 0 Å². The minimum Gasteiger partial charge on any atom is -0.370 e. The van der Waals surface area contributed by atoms with Gasteiger partial charge in [-0.25, -0.2) is 0 Å². The quantitative estimate of drug-likeness (QED) is 0.748. The molecule has 102 valence electrons. The van der Waals surface area contributed by atoms with Crippen LogP contribution < -0.4 is 0 Å². The number of nitrogens with zero attached hydrogens (tertiary/aromatic N) is 2. The van der Waals surface area contributed by atoms with Gasteiger partial charge in [-0.2, -0.15) is 5.10 Å². The molecule has 0 aliphatic heterocycles. The Morgan fingerprint density at radius 2 is 2.11 bits per heavy atom. The molecule has 1 heterocycles. The predicted molar refractivity (Wildman–Crippen MR) is 71.6 cm³/mol. The van der Waals surface area contributed by atoms with E-state index in [4.69, 9.17) is 4.74 Å². The maximum Gasteiger partial charge on any atom is 0.167 e. The van der Waals surface area contributed by atoms with Gasteiger partial charge < -0.3 is 4.74 Å². The number of ether oxygens (including phenoxy) is 1. The largest absolute Gasteiger partial charge is 0.370 e. The standard InChI is InChI=1S/C14H24N2O2/c1-6-16-12(8-11(5)15-16)9-13(17)14(10(3)4)18-7-2/h8,10,14H,6-7,9H2,1-5H3. The first-order valence-corrected chi connectivity index (χ1v) is 6.67. The summed E-state index contributed by atoms with van der Waals surface area (Å²) in [6.07, 6.45) is 0.0906. The summed E-state index contributed by atoms with van der Waals surface area (Å²) in [5, 5.41) is 4.36. The van der Waals surface area contributed by atoms with E-state index in [1.54, 1.807) is 0 Å². The fourth-order valence-corrected chi connectivity index (χ4v) is 2.13. The fourth-order valence-electron chi connectivity index (χ4n) is 2.13. The van der Waals surface area contributed by atoms with E-state index in [0.717, 1.165) is 17.9 Å². The van der Waals surface area contributed by atoms with Crippen LogP contribution in [0.15, 0.2) is 6.07 Å². The van der Waals surface area contributed by atoms with Crippen LogP contribution in [0, 0.1) is 12.8 Å². The number of carbonyl (C=O) groups excluding carboxylic acids is 1. The van der Waals surface area contributed by atoms with Crippen molar-refractivity contribution in [1.82, 2.24) is 9.78 Å². The summed E-state index contributed by atoms with van der Waals surface area (Å²) in [4.78, 5) is 12.3. The van der Waals surface area contributed by atoms with Crippen molar-refractivity contribution >= 4 is 5.78 Å². The molecule has 0 saturated heterocycles. The average Bonchev–Trinajstić information content (AvgIpc) is 2.65. The van der Waals surface area contributed by atoms with Gasteiger partial charge in [0.05, 0.1) is 12.1 Å². The summed E-state index contributed by atoms with van der Waals surface area (Å²) < 4.78 is 7.42. The van der Waals surface area contributed by atoms with Crippen LogP contribution in [0.4, 0.5) is 0 Å². The Labute approximate surface area is 109 Å². The lowest BCUT2D eigenvalue weighted by molar-refractivity contribution is -0.132. The van der Waals surface area contributed by atoms with Crippen LogP contribution in [0.2, 0.25) is 0 Å². The zero-order valence-electron chi connectivity index (χ0n) is 12.1. The summed E-state index contributed by atoms with van der Waals surface area (Å²) in [6, 6.07) is 1.98. The minimum atomic E-state index is -0.310. The van der Waals surface area contributed by atoms with E-state index in [-0.39, 0.29) is 17.8 Å². The number of hydrogen-bond donors (Lipinski definition) is 0. The molecule has 1 atom stereocenters. The van der Waals surface area contributed by atoms with Crippen molar-refractivity contribution in [3.8, 4) is 0 Å². The number of rotatable bonds is 7. The van der Waals surface area contributed by atoms with Crippen LogP contribution in [0.5, 0.6) is 0 Å². The highest BCUT2D eigenvalue weighted by atomic mass is 16.5. The highest BCUT2D eigenvalue weighted by Crippen LogP contribution is 2.13. The summed E-state index contributed by atoms with van der Waals surface area (Å²) in [7, 11) is 0. The van der Waals surface area contributed by atoms with E-state index < -0.39 is 0 Å². The molecule has 1 rings (SSSR count). The van der Waals surface area contributed by atoms with Gasteiger partial charge in [0.25, 0.3) is 0 Å². The molecule has 1 unspecified atom stereocenters. The van der Waals surface area contributed by atoms with Crippen molar-refractivity contribution in [2.45, 2.75) is 53.7 Å². The van der Waals surface area contributed by atoms with Crippen LogP contribution in [-0.4, -0.2) is 28.3 Å². The number of Topliss-reactive ketones (excluding diaryl/α,β-unsaturated/α-hetero) is 1. The third kappa shape index (κ3) is 3.67. The minimum absolute atomic E-state index is 0.140. The van der Waals surface area contributed by atoms with Crippen LogP contribution >= 0.6 is 0 Å². The summed E-state index contributed by atoms with van der Waals surface area (Å²) in [5.41, 5.74) is 1.93. The van der Waals surface area contributed by atoms with E-state index >= 15 is 0 Å². The third-order valence-electron chi connectivity index (χ3n) is 2.91. The highest BCUT2D eigenvalue weighted by Gasteiger charge is 2.23. The molecular weight excluding hydrogens is 228 g/mol. The van der Waals surface area contributed by atoms with Gasteiger partial charge in [0.15, 0.2) is 5.78 Å². The highest BCUT2D eigenvalue weighted by molar-refractivity contribution is 5.85. The second kappa shape index (κ2) is 6.69. The van der Waals surface area contributed by atoms with Gasteiger partial charge in [-0.1, -0.05) is 13.8 Å². The monoisotopic (exact) mass is 252 g/mol. The number of carbonyl (C=O) groups is 1. The van der Waals surface area contributed by atoms with Crippen molar-refractivity contribution in [3.05, 3.63) is 17.5 Å². The van der Waals surface area contributed by atoms with Gasteiger partial charge >= 0.3 is 0 Å². The summed E-state index contributed by atoms with van der Waals surface area (Å²) >= 11 is 0. The third-order valence-corrected chi connectivity index (χ3v) is 2.91. The molecule has 1 aromatic heterocycles. The molecule has 0 saturated carbocycles. The molecule has 4 heteroatoms. The second-order valence-electron chi connectivity index (χ2n) is 4.86. The lowest BCUT2D eigenvalue weighted by atomic mass is 9.99. The van der Waals surface area contributed by atoms with Crippen molar-refractivity contribution in [2.75, 3.05) is 6.61 Å². The van der Waals surface area contributed by atoms with Gasteiger partial charge in [0, 0.05) is 18.8 Å². The molecule has 18 heavy (non-hydrogen) atoms. The SMILES string of the molecule is CCOC(C(=O)Cc1cc(C)nn1CC)C(C)C. The van der Waals surface area contributed by atoms with Gasteiger partial charge in [-0.3, -0.25) is 9.48 Å². The maximum absolute atomic E-state index is 12.3. The van der Waals surface area contributed by atoms with Crippen LogP contribution in [0.25, 0.3) is 0 Å². The Bertz CT molecular complexity index is 396. The van der Waals surface area contributed by atoms with Gasteiger partial charge in [-0.05, 0) is 32.8 Å². The van der Waals surface area contributed by atoms with Crippen molar-refractivity contribution in [2.24, 2.45) is 5.92 Å². The zero-order valence-corrected chi connectivity index (χ0v) is 12.1.